The van der Waals surface area contributed by atoms with Crippen LogP contribution in [-0.2, 0) is 15.9 Å². The first-order valence-corrected chi connectivity index (χ1v) is 5.50. The van der Waals surface area contributed by atoms with Gasteiger partial charge < -0.3 is 19.3 Å². The van der Waals surface area contributed by atoms with Gasteiger partial charge in [0.25, 0.3) is 0 Å². The van der Waals surface area contributed by atoms with Gasteiger partial charge in [0.05, 0.1) is 19.8 Å². The number of nitrogens with one attached hydrogen (secondary N) is 1. The van der Waals surface area contributed by atoms with Gasteiger partial charge in [-0.3, -0.25) is 0 Å². The first-order chi connectivity index (χ1) is 7.86. The van der Waals surface area contributed by atoms with Crippen LogP contribution < -0.4 is 5.32 Å². The van der Waals surface area contributed by atoms with E-state index >= 15 is 0 Å². The highest BCUT2D eigenvalue weighted by Crippen LogP contribution is 2.03. The second kappa shape index (κ2) is 8.06. The minimum absolute atomic E-state index is 0.480. The Morgan fingerprint density at radius 1 is 1.31 bits per heavy atom. The van der Waals surface area contributed by atoms with Crippen molar-refractivity contribution >= 4 is 6.01 Å². The van der Waals surface area contributed by atoms with Gasteiger partial charge in [-0.2, -0.15) is 4.98 Å². The lowest BCUT2D eigenvalue weighted by Crippen LogP contribution is -2.06. The summed E-state index contributed by atoms with van der Waals surface area (Å²) >= 11 is 0. The van der Waals surface area contributed by atoms with Crippen molar-refractivity contribution in [1.82, 2.24) is 10.1 Å². The molecule has 0 saturated heterocycles. The Labute approximate surface area is 95.3 Å². The Bertz CT molecular complexity index is 278. The third-order valence-corrected chi connectivity index (χ3v) is 1.90. The topological polar surface area (TPSA) is 69.4 Å². The first kappa shape index (κ1) is 12.9. The highest BCUT2D eigenvalue weighted by Gasteiger charge is 2.04. The highest BCUT2D eigenvalue weighted by molar-refractivity contribution is 5.17. The molecule has 0 atom stereocenters. The van der Waals surface area contributed by atoms with Gasteiger partial charge in [0, 0.05) is 20.1 Å². The standard InChI is InChI=1S/C10H19N3O3/c1-3-5-11-10-12-9(13-16-10)4-6-15-8-7-14-2/h3-8H2,1-2H3,(H,11,12,13). The Balaban J connectivity index is 2.14. The Hall–Kier alpha value is -1.14. The van der Waals surface area contributed by atoms with Crippen LogP contribution in [0.15, 0.2) is 4.52 Å². The molecule has 1 heterocycles. The molecule has 0 unspecified atom stereocenters. The number of nitrogens with zero attached hydrogens (tertiary/aromatic N) is 2. The van der Waals surface area contributed by atoms with Gasteiger partial charge in [-0.05, 0) is 6.42 Å². The maximum Gasteiger partial charge on any atom is 0.321 e. The van der Waals surface area contributed by atoms with E-state index < -0.39 is 0 Å². The maximum absolute atomic E-state index is 5.30. The monoisotopic (exact) mass is 229 g/mol. The fourth-order valence-electron chi connectivity index (χ4n) is 1.07. The van der Waals surface area contributed by atoms with E-state index in [1.54, 1.807) is 7.11 Å². The summed E-state index contributed by atoms with van der Waals surface area (Å²) in [5.74, 6) is 0.663. The van der Waals surface area contributed by atoms with Crippen LogP contribution >= 0.6 is 0 Å². The van der Waals surface area contributed by atoms with Gasteiger partial charge in [0.15, 0.2) is 5.82 Å². The molecular weight excluding hydrogens is 210 g/mol. The van der Waals surface area contributed by atoms with E-state index in [4.69, 9.17) is 14.0 Å². The Kier molecular flexibility index (Phi) is 6.52. The number of anilines is 1. The Morgan fingerprint density at radius 2 is 2.19 bits per heavy atom. The molecule has 1 aromatic rings. The molecule has 1 aromatic heterocycles. The average Bonchev–Trinajstić information content (AvgIpc) is 2.74. The van der Waals surface area contributed by atoms with E-state index in [0.717, 1.165) is 13.0 Å². The SMILES string of the molecule is CCCNc1nc(CCOCCOC)no1. The summed E-state index contributed by atoms with van der Waals surface area (Å²) in [6, 6.07) is 0.480. The fourth-order valence-corrected chi connectivity index (χ4v) is 1.07. The zero-order valence-corrected chi connectivity index (χ0v) is 9.86. The van der Waals surface area contributed by atoms with Gasteiger partial charge in [-0.1, -0.05) is 12.1 Å². The van der Waals surface area contributed by atoms with Crippen molar-refractivity contribution in [3.05, 3.63) is 5.82 Å². The van der Waals surface area contributed by atoms with Crippen molar-refractivity contribution in [3.63, 3.8) is 0 Å². The van der Waals surface area contributed by atoms with Crippen LogP contribution in [0.4, 0.5) is 6.01 Å². The lowest BCUT2D eigenvalue weighted by atomic mass is 10.4. The van der Waals surface area contributed by atoms with E-state index in [0.29, 0.717) is 38.1 Å². The summed E-state index contributed by atoms with van der Waals surface area (Å²) in [5.41, 5.74) is 0. The summed E-state index contributed by atoms with van der Waals surface area (Å²) in [4.78, 5) is 4.17. The second-order valence-corrected chi connectivity index (χ2v) is 3.30. The van der Waals surface area contributed by atoms with Crippen molar-refractivity contribution in [2.75, 3.05) is 38.8 Å². The molecule has 6 heteroatoms. The third kappa shape index (κ3) is 5.09. The molecule has 0 spiro atoms. The predicted octanol–water partition coefficient (Wildman–Crippen LogP) is 1.10. The number of hydrogen-bond acceptors (Lipinski definition) is 6. The Morgan fingerprint density at radius 3 is 2.94 bits per heavy atom. The summed E-state index contributed by atoms with van der Waals surface area (Å²) in [6.45, 7) is 4.70. The fraction of sp³-hybridized carbons (Fsp3) is 0.800. The molecule has 0 aliphatic heterocycles. The van der Waals surface area contributed by atoms with E-state index in [2.05, 4.69) is 22.4 Å². The van der Waals surface area contributed by atoms with Crippen LogP contribution in [0.5, 0.6) is 0 Å². The lowest BCUT2D eigenvalue weighted by Gasteiger charge is -2.00. The van der Waals surface area contributed by atoms with Crippen LogP contribution in [0.3, 0.4) is 0 Å². The molecule has 0 saturated carbocycles. The highest BCUT2D eigenvalue weighted by atomic mass is 16.5. The molecule has 0 amide bonds. The van der Waals surface area contributed by atoms with Crippen molar-refractivity contribution in [1.29, 1.82) is 0 Å². The second-order valence-electron chi connectivity index (χ2n) is 3.30. The van der Waals surface area contributed by atoms with E-state index in [1.807, 2.05) is 0 Å². The summed E-state index contributed by atoms with van der Waals surface area (Å²) < 4.78 is 15.2. The molecule has 1 rings (SSSR count). The van der Waals surface area contributed by atoms with Crippen LogP contribution in [0.25, 0.3) is 0 Å². The number of rotatable bonds is 9. The van der Waals surface area contributed by atoms with Crippen molar-refractivity contribution in [2.24, 2.45) is 0 Å². The zero-order chi connectivity index (χ0) is 11.6. The first-order valence-electron chi connectivity index (χ1n) is 5.50. The molecule has 0 fully saturated rings. The smallest absolute Gasteiger partial charge is 0.321 e. The van der Waals surface area contributed by atoms with Crippen LogP contribution in [0, 0.1) is 0 Å². The third-order valence-electron chi connectivity index (χ3n) is 1.90. The molecular formula is C10H19N3O3. The zero-order valence-electron chi connectivity index (χ0n) is 9.86. The van der Waals surface area contributed by atoms with Crippen LogP contribution in [-0.4, -0.2) is 43.6 Å². The number of methoxy groups -OCH3 is 1. The summed E-state index contributed by atoms with van der Waals surface area (Å²) in [7, 11) is 1.65. The van der Waals surface area contributed by atoms with Gasteiger partial charge in [-0.15, -0.1) is 0 Å². The lowest BCUT2D eigenvalue weighted by molar-refractivity contribution is 0.0714. The number of ether oxygens (including phenoxy) is 2. The molecule has 0 aliphatic carbocycles. The van der Waals surface area contributed by atoms with Gasteiger partial charge in [0.2, 0.25) is 0 Å². The minimum atomic E-state index is 0.480. The molecule has 0 radical (unpaired) electrons. The van der Waals surface area contributed by atoms with Crippen molar-refractivity contribution in [2.45, 2.75) is 19.8 Å². The molecule has 0 aromatic carbocycles. The van der Waals surface area contributed by atoms with Gasteiger partial charge in [0.1, 0.15) is 0 Å². The summed E-state index contributed by atoms with van der Waals surface area (Å²) in [5, 5.41) is 6.85. The quantitative estimate of drug-likeness (QED) is 0.639. The predicted molar refractivity (Wildman–Crippen MR) is 59.5 cm³/mol. The van der Waals surface area contributed by atoms with Gasteiger partial charge >= 0.3 is 6.01 Å². The normalized spacial score (nSPS) is 10.6. The molecule has 92 valence electrons. The molecule has 1 N–H and O–H groups in total. The molecule has 6 nitrogen and oxygen atoms in total. The number of aromatic nitrogens is 2. The molecule has 0 aliphatic rings. The van der Waals surface area contributed by atoms with Gasteiger partial charge in [-0.25, -0.2) is 0 Å². The van der Waals surface area contributed by atoms with Crippen LogP contribution in [0.1, 0.15) is 19.2 Å². The van der Waals surface area contributed by atoms with E-state index in [9.17, 15) is 0 Å². The minimum Gasteiger partial charge on any atom is -0.382 e. The van der Waals surface area contributed by atoms with Crippen molar-refractivity contribution < 1.29 is 14.0 Å². The average molecular weight is 229 g/mol. The molecule has 16 heavy (non-hydrogen) atoms. The number of hydrogen-bond donors (Lipinski definition) is 1. The van der Waals surface area contributed by atoms with E-state index in [1.165, 1.54) is 0 Å². The largest absolute Gasteiger partial charge is 0.382 e. The maximum atomic E-state index is 5.30. The summed E-state index contributed by atoms with van der Waals surface area (Å²) in [6.07, 6.45) is 1.68. The van der Waals surface area contributed by atoms with E-state index in [-0.39, 0.29) is 0 Å². The molecule has 0 bridgehead atoms. The van der Waals surface area contributed by atoms with Crippen LogP contribution in [0.2, 0.25) is 0 Å². The van der Waals surface area contributed by atoms with Crippen molar-refractivity contribution in [3.8, 4) is 0 Å².